The first-order valence-electron chi connectivity index (χ1n) is 8.98. The van der Waals surface area contributed by atoms with Crippen molar-refractivity contribution in [3.8, 4) is 16.9 Å². The fourth-order valence-electron chi connectivity index (χ4n) is 3.50. The molecule has 0 radical (unpaired) electrons. The zero-order chi connectivity index (χ0) is 19.3. The van der Waals surface area contributed by atoms with Crippen LogP contribution in [0.5, 0.6) is 0 Å². The van der Waals surface area contributed by atoms with Crippen molar-refractivity contribution in [2.75, 3.05) is 0 Å². The first kappa shape index (κ1) is 16.8. The van der Waals surface area contributed by atoms with Crippen LogP contribution in [0.3, 0.4) is 0 Å². The van der Waals surface area contributed by atoms with E-state index in [1.54, 1.807) is 22.7 Å². The van der Waals surface area contributed by atoms with Crippen LogP contribution in [0.2, 0.25) is 5.02 Å². The molecule has 4 nitrogen and oxygen atoms in total. The van der Waals surface area contributed by atoms with Gasteiger partial charge in [0.05, 0.1) is 22.3 Å². The number of hydrogen-bond acceptors (Lipinski definition) is 2. The number of nitrogens with zero attached hydrogens (tertiary/aromatic N) is 3. The maximum absolute atomic E-state index is 13.4. The van der Waals surface area contributed by atoms with Crippen molar-refractivity contribution in [1.29, 1.82) is 0 Å². The van der Waals surface area contributed by atoms with Crippen molar-refractivity contribution in [3.63, 3.8) is 0 Å². The van der Waals surface area contributed by atoms with Crippen molar-refractivity contribution in [3.05, 3.63) is 99.8 Å². The highest BCUT2D eigenvalue weighted by molar-refractivity contribution is 6.31. The van der Waals surface area contributed by atoms with Crippen LogP contribution in [0.4, 0.5) is 0 Å². The van der Waals surface area contributed by atoms with Gasteiger partial charge in [-0.1, -0.05) is 59.6 Å². The lowest BCUT2D eigenvalue weighted by molar-refractivity contribution is 0.778. The summed E-state index contributed by atoms with van der Waals surface area (Å²) in [4.78, 5) is 18.1. The van der Waals surface area contributed by atoms with Gasteiger partial charge in [-0.15, -0.1) is 0 Å². The van der Waals surface area contributed by atoms with Crippen molar-refractivity contribution in [2.24, 2.45) is 0 Å². The van der Waals surface area contributed by atoms with E-state index in [1.807, 2.05) is 72.3 Å². The molecule has 0 aliphatic carbocycles. The second-order valence-electron chi connectivity index (χ2n) is 6.79. The van der Waals surface area contributed by atoms with Gasteiger partial charge in [0.15, 0.2) is 5.65 Å². The minimum atomic E-state index is -0.126. The first-order chi connectivity index (χ1) is 13.6. The van der Waals surface area contributed by atoms with Crippen LogP contribution in [0.15, 0.2) is 83.7 Å². The van der Waals surface area contributed by atoms with E-state index in [-0.39, 0.29) is 5.56 Å². The third-order valence-electron chi connectivity index (χ3n) is 4.88. The van der Waals surface area contributed by atoms with Gasteiger partial charge in [0.25, 0.3) is 5.56 Å². The maximum atomic E-state index is 13.4. The predicted molar refractivity (Wildman–Crippen MR) is 113 cm³/mol. The fourth-order valence-corrected chi connectivity index (χ4v) is 3.67. The molecule has 0 atom stereocenters. The summed E-state index contributed by atoms with van der Waals surface area (Å²) in [7, 11) is 0. The number of hydrogen-bond donors (Lipinski definition) is 0. The Balaban J connectivity index is 1.94. The second kappa shape index (κ2) is 6.36. The van der Waals surface area contributed by atoms with Gasteiger partial charge >= 0.3 is 0 Å². The molecule has 0 amide bonds. The van der Waals surface area contributed by atoms with Gasteiger partial charge in [-0.2, -0.15) is 4.52 Å². The van der Waals surface area contributed by atoms with Crippen LogP contribution < -0.4 is 5.56 Å². The molecule has 28 heavy (non-hydrogen) atoms. The van der Waals surface area contributed by atoms with Crippen LogP contribution >= 0.6 is 11.6 Å². The molecule has 0 N–H and O–H groups in total. The molecule has 0 spiro atoms. The summed E-state index contributed by atoms with van der Waals surface area (Å²) in [5, 5.41) is 1.10. The fraction of sp³-hybridized carbons (Fsp3) is 0.0435. The van der Waals surface area contributed by atoms with Crippen LogP contribution in [0.1, 0.15) is 5.56 Å². The summed E-state index contributed by atoms with van der Waals surface area (Å²) >= 11 is 6.11. The van der Waals surface area contributed by atoms with Gasteiger partial charge in [-0.05, 0) is 37.3 Å². The Hall–Kier alpha value is -3.37. The van der Waals surface area contributed by atoms with E-state index in [4.69, 9.17) is 16.6 Å². The molecule has 0 fully saturated rings. The molecule has 0 aliphatic rings. The molecular weight excluding hydrogens is 370 g/mol. The first-order valence-corrected chi connectivity index (χ1v) is 9.36. The van der Waals surface area contributed by atoms with Crippen molar-refractivity contribution in [1.82, 2.24) is 14.2 Å². The zero-order valence-corrected chi connectivity index (χ0v) is 15.9. The number of fused-ring (bicyclic) bond motifs is 2. The molecule has 5 rings (SSSR count). The van der Waals surface area contributed by atoms with E-state index in [2.05, 4.69) is 0 Å². The van der Waals surface area contributed by atoms with Gasteiger partial charge < -0.3 is 0 Å². The molecule has 0 bridgehead atoms. The number of benzene rings is 3. The van der Waals surface area contributed by atoms with Gasteiger partial charge in [0, 0.05) is 16.7 Å². The zero-order valence-electron chi connectivity index (χ0n) is 15.1. The smallest absolute Gasteiger partial charge is 0.267 e. The van der Waals surface area contributed by atoms with Crippen LogP contribution in [0.25, 0.3) is 33.5 Å². The summed E-state index contributed by atoms with van der Waals surface area (Å²) in [6, 6.07) is 25.2. The van der Waals surface area contributed by atoms with E-state index >= 15 is 0 Å². The number of aryl methyl sites for hydroxylation is 1. The Morgan fingerprint density at radius 2 is 1.64 bits per heavy atom. The Bertz CT molecular complexity index is 1380. The Kier molecular flexibility index (Phi) is 3.81. The minimum absolute atomic E-state index is 0.126. The molecule has 2 aromatic heterocycles. The van der Waals surface area contributed by atoms with Gasteiger partial charge in [0.2, 0.25) is 0 Å². The van der Waals surface area contributed by atoms with Gasteiger partial charge in [-0.25, -0.2) is 9.67 Å². The minimum Gasteiger partial charge on any atom is -0.267 e. The summed E-state index contributed by atoms with van der Waals surface area (Å²) in [5.41, 5.74) is 5.02. The molecule has 0 saturated heterocycles. The maximum Gasteiger partial charge on any atom is 0.281 e. The lowest BCUT2D eigenvalue weighted by Gasteiger charge is -2.12. The van der Waals surface area contributed by atoms with Gasteiger partial charge in [-0.3, -0.25) is 4.79 Å². The molecule has 2 heterocycles. The lowest BCUT2D eigenvalue weighted by atomic mass is 10.1. The Labute approximate surface area is 166 Å². The molecule has 5 heteroatoms. The largest absolute Gasteiger partial charge is 0.281 e. The molecule has 3 aromatic carbocycles. The quantitative estimate of drug-likeness (QED) is 0.415. The summed E-state index contributed by atoms with van der Waals surface area (Å²) in [6.07, 6.45) is 0. The van der Waals surface area contributed by atoms with Crippen LogP contribution in [0, 0.1) is 6.92 Å². The standard InChI is InChI=1S/C23H16ClN3O/c1-15-7-10-18(11-8-15)26-21(16-5-3-2-4-6-16)14-22-25-20-13-17(24)9-12-19(20)23(28)27(22)26/h2-14H,1H3. The van der Waals surface area contributed by atoms with E-state index in [9.17, 15) is 4.79 Å². The Morgan fingerprint density at radius 1 is 0.893 bits per heavy atom. The van der Waals surface area contributed by atoms with Gasteiger partial charge in [0.1, 0.15) is 0 Å². The highest BCUT2D eigenvalue weighted by atomic mass is 35.5. The van der Waals surface area contributed by atoms with E-state index in [0.29, 0.717) is 21.6 Å². The van der Waals surface area contributed by atoms with E-state index < -0.39 is 0 Å². The highest BCUT2D eigenvalue weighted by Crippen LogP contribution is 2.26. The second-order valence-corrected chi connectivity index (χ2v) is 7.23. The molecule has 0 saturated carbocycles. The lowest BCUT2D eigenvalue weighted by Crippen LogP contribution is -2.21. The molecule has 0 unspecified atom stereocenters. The average molecular weight is 386 g/mol. The molecule has 0 aliphatic heterocycles. The summed E-state index contributed by atoms with van der Waals surface area (Å²) in [6.45, 7) is 2.04. The van der Waals surface area contributed by atoms with E-state index in [1.165, 1.54) is 0 Å². The summed E-state index contributed by atoms with van der Waals surface area (Å²) in [5.74, 6) is 0. The van der Waals surface area contributed by atoms with Crippen molar-refractivity contribution in [2.45, 2.75) is 6.92 Å². The van der Waals surface area contributed by atoms with Crippen molar-refractivity contribution >= 4 is 28.2 Å². The highest BCUT2D eigenvalue weighted by Gasteiger charge is 2.16. The monoisotopic (exact) mass is 385 g/mol. The number of rotatable bonds is 2. The summed E-state index contributed by atoms with van der Waals surface area (Å²) < 4.78 is 3.55. The third-order valence-corrected chi connectivity index (χ3v) is 5.11. The van der Waals surface area contributed by atoms with Crippen molar-refractivity contribution < 1.29 is 0 Å². The van der Waals surface area contributed by atoms with Crippen LogP contribution in [-0.4, -0.2) is 14.2 Å². The molecule has 136 valence electrons. The predicted octanol–water partition coefficient (Wildman–Crippen LogP) is 5.27. The SMILES string of the molecule is Cc1ccc(-n2c(-c3ccccc3)cc3nc4cc(Cl)ccc4c(=O)n32)cc1. The Morgan fingerprint density at radius 3 is 2.39 bits per heavy atom. The van der Waals surface area contributed by atoms with Crippen LogP contribution in [-0.2, 0) is 0 Å². The molecule has 5 aromatic rings. The molecular formula is C23H16ClN3O. The third kappa shape index (κ3) is 2.62. The number of halogens is 1. The number of aromatic nitrogens is 3. The average Bonchev–Trinajstić information content (AvgIpc) is 3.09. The normalized spacial score (nSPS) is 11.4. The van der Waals surface area contributed by atoms with E-state index in [0.717, 1.165) is 22.5 Å². The topological polar surface area (TPSA) is 39.3 Å².